The van der Waals surface area contributed by atoms with Crippen LogP contribution in [0.15, 0.2) is 28.7 Å². The monoisotopic (exact) mass is 271 g/mol. The van der Waals surface area contributed by atoms with Crippen molar-refractivity contribution in [2.45, 2.75) is 46.0 Å². The molecule has 1 fully saturated rings. The second-order valence-electron chi connectivity index (χ2n) is 7.20. The highest BCUT2D eigenvalue weighted by molar-refractivity contribution is 5.78. The Hall–Kier alpha value is -1.28. The van der Waals surface area contributed by atoms with Gasteiger partial charge in [-0.25, -0.2) is 0 Å². The van der Waals surface area contributed by atoms with Crippen molar-refractivity contribution in [3.8, 4) is 0 Å². The molecule has 1 saturated carbocycles. The fourth-order valence-electron chi connectivity index (χ4n) is 3.62. The first-order valence-electron chi connectivity index (χ1n) is 7.69. The zero-order chi connectivity index (χ0) is 14.3. The van der Waals surface area contributed by atoms with Crippen molar-refractivity contribution in [1.29, 1.82) is 0 Å². The Morgan fingerprint density at radius 3 is 2.85 bits per heavy atom. The lowest BCUT2D eigenvalue weighted by Gasteiger charge is -2.39. The SMILES string of the molecule is Cc1ccc2oc(C3CC(C)(C)CCC3CN)cc2c1. The first-order chi connectivity index (χ1) is 9.48. The van der Waals surface area contributed by atoms with E-state index in [0.29, 0.717) is 17.3 Å². The normalized spacial score (nSPS) is 26.0. The van der Waals surface area contributed by atoms with Gasteiger partial charge in [-0.3, -0.25) is 0 Å². The topological polar surface area (TPSA) is 39.2 Å². The fourth-order valence-corrected chi connectivity index (χ4v) is 3.62. The predicted octanol–water partition coefficient (Wildman–Crippen LogP) is 4.61. The first-order valence-corrected chi connectivity index (χ1v) is 7.69. The van der Waals surface area contributed by atoms with E-state index >= 15 is 0 Å². The third-order valence-electron chi connectivity index (χ3n) is 4.89. The van der Waals surface area contributed by atoms with E-state index in [0.717, 1.165) is 17.9 Å². The Morgan fingerprint density at radius 2 is 2.10 bits per heavy atom. The average Bonchev–Trinajstić information content (AvgIpc) is 2.80. The highest BCUT2D eigenvalue weighted by Gasteiger charge is 2.36. The molecule has 0 bridgehead atoms. The Kier molecular flexibility index (Phi) is 3.37. The molecular weight excluding hydrogens is 246 g/mol. The van der Waals surface area contributed by atoms with E-state index in [-0.39, 0.29) is 0 Å². The van der Waals surface area contributed by atoms with Gasteiger partial charge in [0.15, 0.2) is 0 Å². The van der Waals surface area contributed by atoms with Crippen molar-refractivity contribution in [3.63, 3.8) is 0 Å². The van der Waals surface area contributed by atoms with Crippen molar-refractivity contribution < 1.29 is 4.42 Å². The van der Waals surface area contributed by atoms with Gasteiger partial charge in [-0.15, -0.1) is 0 Å². The molecule has 3 rings (SSSR count). The smallest absolute Gasteiger partial charge is 0.134 e. The lowest BCUT2D eigenvalue weighted by Crippen LogP contribution is -2.32. The number of furan rings is 1. The molecule has 2 aromatic rings. The summed E-state index contributed by atoms with van der Waals surface area (Å²) in [6.07, 6.45) is 3.66. The summed E-state index contributed by atoms with van der Waals surface area (Å²) in [7, 11) is 0. The zero-order valence-corrected chi connectivity index (χ0v) is 12.8. The number of benzene rings is 1. The van der Waals surface area contributed by atoms with E-state index in [1.54, 1.807) is 0 Å². The zero-order valence-electron chi connectivity index (χ0n) is 12.8. The molecule has 1 aliphatic rings. The van der Waals surface area contributed by atoms with Crippen LogP contribution < -0.4 is 5.73 Å². The molecule has 108 valence electrons. The quantitative estimate of drug-likeness (QED) is 0.866. The van der Waals surface area contributed by atoms with Crippen LogP contribution in [0.5, 0.6) is 0 Å². The van der Waals surface area contributed by atoms with E-state index in [2.05, 4.69) is 45.0 Å². The van der Waals surface area contributed by atoms with Crippen molar-refractivity contribution in [1.82, 2.24) is 0 Å². The highest BCUT2D eigenvalue weighted by atomic mass is 16.3. The molecule has 2 unspecified atom stereocenters. The van der Waals surface area contributed by atoms with Crippen LogP contribution in [0.1, 0.15) is 50.4 Å². The predicted molar refractivity (Wildman–Crippen MR) is 83.9 cm³/mol. The number of aryl methyl sites for hydroxylation is 1. The van der Waals surface area contributed by atoms with Crippen molar-refractivity contribution in [2.24, 2.45) is 17.1 Å². The minimum absolute atomic E-state index is 0.394. The van der Waals surface area contributed by atoms with Gasteiger partial charge in [0.05, 0.1) is 0 Å². The lowest BCUT2D eigenvalue weighted by molar-refractivity contribution is 0.153. The molecule has 1 heterocycles. The van der Waals surface area contributed by atoms with Crippen LogP contribution in [-0.2, 0) is 0 Å². The van der Waals surface area contributed by atoms with Crippen LogP contribution in [0.4, 0.5) is 0 Å². The maximum absolute atomic E-state index is 6.13. The number of nitrogens with two attached hydrogens (primary N) is 1. The van der Waals surface area contributed by atoms with Crippen LogP contribution in [0.25, 0.3) is 11.0 Å². The summed E-state index contributed by atoms with van der Waals surface area (Å²) in [4.78, 5) is 0. The second-order valence-corrected chi connectivity index (χ2v) is 7.20. The maximum Gasteiger partial charge on any atom is 0.134 e. The van der Waals surface area contributed by atoms with Gasteiger partial charge in [0.1, 0.15) is 11.3 Å². The molecule has 1 aliphatic carbocycles. The maximum atomic E-state index is 6.13. The minimum atomic E-state index is 0.394. The third kappa shape index (κ3) is 2.49. The molecule has 0 spiro atoms. The molecule has 0 amide bonds. The highest BCUT2D eigenvalue weighted by Crippen LogP contribution is 2.47. The number of hydrogen-bond donors (Lipinski definition) is 1. The van der Waals surface area contributed by atoms with Crippen molar-refractivity contribution in [2.75, 3.05) is 6.54 Å². The van der Waals surface area contributed by atoms with E-state index in [1.165, 1.54) is 30.2 Å². The molecule has 2 atom stereocenters. The number of fused-ring (bicyclic) bond motifs is 1. The standard InChI is InChI=1S/C18H25NO/c1-12-4-5-16-14(8-12)9-17(20-16)15-10-18(2,3)7-6-13(15)11-19/h4-5,8-9,13,15H,6-7,10-11,19H2,1-3H3. The lowest BCUT2D eigenvalue weighted by atomic mass is 9.66. The Balaban J connectivity index is 1.98. The van der Waals surface area contributed by atoms with Crippen molar-refractivity contribution >= 4 is 11.0 Å². The van der Waals surface area contributed by atoms with E-state index in [4.69, 9.17) is 10.2 Å². The summed E-state index contributed by atoms with van der Waals surface area (Å²) < 4.78 is 6.13. The molecule has 1 aromatic heterocycles. The van der Waals surface area contributed by atoms with Gasteiger partial charge < -0.3 is 10.2 Å². The van der Waals surface area contributed by atoms with Crippen molar-refractivity contribution in [3.05, 3.63) is 35.6 Å². The molecule has 2 N–H and O–H groups in total. The average molecular weight is 271 g/mol. The van der Waals surface area contributed by atoms with Crippen LogP contribution in [-0.4, -0.2) is 6.54 Å². The van der Waals surface area contributed by atoms with Crippen LogP contribution >= 0.6 is 0 Å². The Morgan fingerprint density at radius 1 is 1.30 bits per heavy atom. The van der Waals surface area contributed by atoms with Gasteiger partial charge in [-0.05, 0) is 62.3 Å². The summed E-state index contributed by atoms with van der Waals surface area (Å²) in [6.45, 7) is 7.61. The van der Waals surface area contributed by atoms with E-state index in [1.807, 2.05) is 0 Å². The van der Waals surface area contributed by atoms with Gasteiger partial charge in [-0.2, -0.15) is 0 Å². The van der Waals surface area contributed by atoms with Crippen LogP contribution in [0.3, 0.4) is 0 Å². The molecule has 1 aromatic carbocycles. The molecule has 0 aliphatic heterocycles. The van der Waals surface area contributed by atoms with E-state index in [9.17, 15) is 0 Å². The summed E-state index contributed by atoms with van der Waals surface area (Å²) in [5.74, 6) is 2.16. The van der Waals surface area contributed by atoms with Gasteiger partial charge in [-0.1, -0.05) is 25.5 Å². The Labute approximate surface area is 121 Å². The molecular formula is C18H25NO. The molecule has 0 saturated heterocycles. The van der Waals surface area contributed by atoms with Gasteiger partial charge in [0.25, 0.3) is 0 Å². The largest absolute Gasteiger partial charge is 0.461 e. The first kappa shape index (κ1) is 13.7. The van der Waals surface area contributed by atoms with Crippen LogP contribution in [0, 0.1) is 18.3 Å². The van der Waals surface area contributed by atoms with Gasteiger partial charge in [0, 0.05) is 11.3 Å². The summed E-state index contributed by atoms with van der Waals surface area (Å²) >= 11 is 0. The minimum Gasteiger partial charge on any atom is -0.461 e. The summed E-state index contributed by atoms with van der Waals surface area (Å²) in [6, 6.07) is 8.63. The van der Waals surface area contributed by atoms with Gasteiger partial charge >= 0.3 is 0 Å². The molecule has 20 heavy (non-hydrogen) atoms. The second kappa shape index (κ2) is 4.92. The number of hydrogen-bond acceptors (Lipinski definition) is 2. The third-order valence-corrected chi connectivity index (χ3v) is 4.89. The molecule has 2 nitrogen and oxygen atoms in total. The molecule has 2 heteroatoms. The Bertz CT molecular complexity index is 611. The summed E-state index contributed by atoms with van der Waals surface area (Å²) in [5, 5.41) is 1.22. The summed E-state index contributed by atoms with van der Waals surface area (Å²) in [5.41, 5.74) is 8.68. The fraction of sp³-hybridized carbons (Fsp3) is 0.556. The van der Waals surface area contributed by atoms with Gasteiger partial charge in [0.2, 0.25) is 0 Å². The van der Waals surface area contributed by atoms with E-state index < -0.39 is 0 Å². The van der Waals surface area contributed by atoms with Crippen LogP contribution in [0.2, 0.25) is 0 Å². The number of rotatable bonds is 2. The molecule has 0 radical (unpaired) electrons.